The maximum Gasteiger partial charge on any atom is 0.241 e. The third-order valence-corrected chi connectivity index (χ3v) is 9.07. The molecule has 2 heterocycles. The molecule has 0 aliphatic carbocycles. The molecule has 0 radical (unpaired) electrons. The summed E-state index contributed by atoms with van der Waals surface area (Å²) in [5.41, 5.74) is 2.83. The summed E-state index contributed by atoms with van der Waals surface area (Å²) in [5.74, 6) is 0.00726. The van der Waals surface area contributed by atoms with E-state index >= 15 is 0 Å². The summed E-state index contributed by atoms with van der Waals surface area (Å²) < 4.78 is 29.3. The predicted molar refractivity (Wildman–Crippen MR) is 140 cm³/mol. The molecule has 2 aliphatic rings. The highest BCUT2D eigenvalue weighted by Gasteiger charge is 2.28. The molecular formula is C24H30BrClN4O3S. The average Bonchev–Trinajstić information content (AvgIpc) is 3.24. The normalized spacial score (nSPS) is 16.7. The standard InChI is InChI=1S/C24H30BrClN4O3S/c1-2-24(31)30-10-7-18-15-21(25)23(17-22(18)30)34(32,33)27-8-4-9-28-11-13-29(14-12-28)20-6-3-5-19(26)16-20/h3,5-6,15-17,27H,2,4,7-14H2,1H3. The molecule has 0 unspecified atom stereocenters. The Bertz CT molecular complexity index is 1150. The number of rotatable bonds is 8. The van der Waals surface area contributed by atoms with E-state index in [1.807, 2.05) is 31.2 Å². The summed E-state index contributed by atoms with van der Waals surface area (Å²) in [7, 11) is -3.69. The smallest absolute Gasteiger partial charge is 0.241 e. The Hall–Kier alpha value is -1.65. The minimum Gasteiger partial charge on any atom is -0.369 e. The van der Waals surface area contributed by atoms with E-state index in [-0.39, 0.29) is 10.8 Å². The van der Waals surface area contributed by atoms with Crippen LogP contribution in [0.15, 0.2) is 45.8 Å². The molecule has 0 saturated carbocycles. The van der Waals surface area contributed by atoms with Gasteiger partial charge in [-0.2, -0.15) is 0 Å². The summed E-state index contributed by atoms with van der Waals surface area (Å²) in [5, 5.41) is 0.742. The van der Waals surface area contributed by atoms with Gasteiger partial charge in [0.25, 0.3) is 0 Å². The molecule has 184 valence electrons. The number of hydrogen-bond acceptors (Lipinski definition) is 5. The largest absolute Gasteiger partial charge is 0.369 e. The van der Waals surface area contributed by atoms with Gasteiger partial charge in [-0.3, -0.25) is 9.69 Å². The number of piperazine rings is 1. The van der Waals surface area contributed by atoms with Crippen LogP contribution in [0.5, 0.6) is 0 Å². The van der Waals surface area contributed by atoms with Gasteiger partial charge in [0.05, 0.1) is 4.90 Å². The van der Waals surface area contributed by atoms with Crippen molar-refractivity contribution in [2.45, 2.75) is 31.1 Å². The molecule has 7 nitrogen and oxygen atoms in total. The minimum atomic E-state index is -3.69. The average molecular weight is 570 g/mol. The molecule has 10 heteroatoms. The van der Waals surface area contributed by atoms with Gasteiger partial charge in [-0.05, 0) is 71.2 Å². The monoisotopic (exact) mass is 568 g/mol. The van der Waals surface area contributed by atoms with Crippen molar-refractivity contribution in [2.75, 3.05) is 55.6 Å². The molecule has 1 fully saturated rings. The zero-order valence-electron chi connectivity index (χ0n) is 19.3. The van der Waals surface area contributed by atoms with Crippen molar-refractivity contribution in [3.8, 4) is 0 Å². The second-order valence-corrected chi connectivity index (χ2v) is 11.6. The van der Waals surface area contributed by atoms with Crippen LogP contribution in [0.25, 0.3) is 0 Å². The number of nitrogens with one attached hydrogen (secondary N) is 1. The third-order valence-electron chi connectivity index (χ3n) is 6.41. The Morgan fingerprint density at radius 2 is 1.88 bits per heavy atom. The number of sulfonamides is 1. The first-order valence-corrected chi connectivity index (χ1v) is 14.3. The lowest BCUT2D eigenvalue weighted by atomic mass is 10.2. The first-order valence-electron chi connectivity index (χ1n) is 11.6. The van der Waals surface area contributed by atoms with Crippen LogP contribution in [0.3, 0.4) is 0 Å². The first kappa shape index (κ1) is 25.4. The highest BCUT2D eigenvalue weighted by atomic mass is 79.9. The minimum absolute atomic E-state index is 0.00726. The van der Waals surface area contributed by atoms with Crippen LogP contribution in [0, 0.1) is 0 Å². The van der Waals surface area contributed by atoms with Gasteiger partial charge in [0, 0.05) is 66.6 Å². The number of benzene rings is 2. The van der Waals surface area contributed by atoms with Crippen molar-refractivity contribution in [1.29, 1.82) is 0 Å². The highest BCUT2D eigenvalue weighted by Crippen LogP contribution is 2.35. The molecule has 1 saturated heterocycles. The fraction of sp³-hybridized carbons (Fsp3) is 0.458. The number of anilines is 2. The lowest BCUT2D eigenvalue weighted by Gasteiger charge is -2.36. The number of amides is 1. The number of hydrogen-bond donors (Lipinski definition) is 1. The van der Waals surface area contributed by atoms with E-state index in [4.69, 9.17) is 11.6 Å². The van der Waals surface area contributed by atoms with Crippen LogP contribution in [0.1, 0.15) is 25.3 Å². The summed E-state index contributed by atoms with van der Waals surface area (Å²) in [4.78, 5) is 18.8. The molecule has 2 aromatic carbocycles. The van der Waals surface area contributed by atoms with Gasteiger partial charge in [0.1, 0.15) is 0 Å². The van der Waals surface area contributed by atoms with Crippen molar-refractivity contribution < 1.29 is 13.2 Å². The van der Waals surface area contributed by atoms with Gasteiger partial charge in [-0.25, -0.2) is 13.1 Å². The number of nitrogens with zero attached hydrogens (tertiary/aromatic N) is 3. The van der Waals surface area contributed by atoms with E-state index in [1.165, 1.54) is 0 Å². The molecular weight excluding hydrogens is 540 g/mol. The molecule has 0 aromatic heterocycles. The van der Waals surface area contributed by atoms with Crippen molar-refractivity contribution in [1.82, 2.24) is 9.62 Å². The SMILES string of the molecule is CCC(=O)N1CCc2cc(Br)c(S(=O)(=O)NCCCN3CCN(c4cccc(Cl)c4)CC3)cc21. The lowest BCUT2D eigenvalue weighted by molar-refractivity contribution is -0.118. The van der Waals surface area contributed by atoms with Crippen LogP contribution in [0.2, 0.25) is 5.02 Å². The van der Waals surface area contributed by atoms with Gasteiger partial charge < -0.3 is 9.80 Å². The number of fused-ring (bicyclic) bond motifs is 1. The van der Waals surface area contributed by atoms with Crippen molar-refractivity contribution >= 4 is 54.8 Å². The van der Waals surface area contributed by atoms with Gasteiger partial charge in [-0.15, -0.1) is 0 Å². The molecule has 0 bridgehead atoms. The van der Waals surface area contributed by atoms with E-state index in [1.54, 1.807) is 11.0 Å². The molecule has 0 spiro atoms. The molecule has 1 N–H and O–H groups in total. The van der Waals surface area contributed by atoms with Gasteiger partial charge in [0.15, 0.2) is 0 Å². The van der Waals surface area contributed by atoms with Crippen LogP contribution in [-0.4, -0.2) is 65.0 Å². The first-order chi connectivity index (χ1) is 16.3. The van der Waals surface area contributed by atoms with E-state index in [0.29, 0.717) is 29.7 Å². The van der Waals surface area contributed by atoms with Gasteiger partial charge in [0.2, 0.25) is 15.9 Å². The zero-order chi connectivity index (χ0) is 24.3. The second kappa shape index (κ2) is 11.0. The Labute approximate surface area is 215 Å². The lowest BCUT2D eigenvalue weighted by Crippen LogP contribution is -2.47. The molecule has 0 atom stereocenters. The molecule has 2 aromatic rings. The van der Waals surface area contributed by atoms with Crippen LogP contribution in [0.4, 0.5) is 11.4 Å². The highest BCUT2D eigenvalue weighted by molar-refractivity contribution is 9.10. The van der Waals surface area contributed by atoms with Crippen LogP contribution in [-0.2, 0) is 21.2 Å². The van der Waals surface area contributed by atoms with Gasteiger partial charge in [-0.1, -0.05) is 24.6 Å². The fourth-order valence-corrected chi connectivity index (χ4v) is 6.90. The molecule has 2 aliphatic heterocycles. The Morgan fingerprint density at radius 3 is 2.59 bits per heavy atom. The van der Waals surface area contributed by atoms with E-state index < -0.39 is 10.0 Å². The zero-order valence-corrected chi connectivity index (χ0v) is 22.4. The molecule has 34 heavy (non-hydrogen) atoms. The third kappa shape index (κ3) is 5.76. The molecule has 4 rings (SSSR count). The summed E-state index contributed by atoms with van der Waals surface area (Å²) in [6, 6.07) is 11.4. The summed E-state index contributed by atoms with van der Waals surface area (Å²) in [6.45, 7) is 7.29. The second-order valence-electron chi connectivity index (χ2n) is 8.62. The van der Waals surface area contributed by atoms with Crippen LogP contribution >= 0.6 is 27.5 Å². The number of carbonyl (C=O) groups excluding carboxylic acids is 1. The quantitative estimate of drug-likeness (QED) is 0.489. The van der Waals surface area contributed by atoms with E-state index in [9.17, 15) is 13.2 Å². The summed E-state index contributed by atoms with van der Waals surface area (Å²) in [6.07, 6.45) is 1.85. The molecule has 1 amide bonds. The van der Waals surface area contributed by atoms with Crippen LogP contribution < -0.4 is 14.5 Å². The Kier molecular flexibility index (Phi) is 8.20. The number of carbonyl (C=O) groups is 1. The maximum absolute atomic E-state index is 13.0. The van der Waals surface area contributed by atoms with Gasteiger partial charge >= 0.3 is 0 Å². The van der Waals surface area contributed by atoms with E-state index in [0.717, 1.165) is 61.8 Å². The van der Waals surface area contributed by atoms with Crippen molar-refractivity contribution in [3.63, 3.8) is 0 Å². The van der Waals surface area contributed by atoms with Crippen molar-refractivity contribution in [2.24, 2.45) is 0 Å². The summed E-state index contributed by atoms with van der Waals surface area (Å²) >= 11 is 9.53. The van der Waals surface area contributed by atoms with E-state index in [2.05, 4.69) is 36.5 Å². The topological polar surface area (TPSA) is 73.0 Å². The van der Waals surface area contributed by atoms with Crippen molar-refractivity contribution in [3.05, 3.63) is 51.5 Å². The number of halogens is 2. The predicted octanol–water partition coefficient (Wildman–Crippen LogP) is 3.89. The maximum atomic E-state index is 13.0. The Balaban J connectivity index is 1.29. The fourth-order valence-electron chi connectivity index (χ4n) is 4.53. The Morgan fingerprint density at radius 1 is 1.12 bits per heavy atom.